The Morgan fingerprint density at radius 3 is 2.39 bits per heavy atom. The van der Waals surface area contributed by atoms with Crippen LogP contribution in [0.25, 0.3) is 11.1 Å². The van der Waals surface area contributed by atoms with Gasteiger partial charge in [0.25, 0.3) is 0 Å². The third kappa shape index (κ3) is 6.06. The van der Waals surface area contributed by atoms with Crippen molar-refractivity contribution in [2.24, 2.45) is 5.16 Å². The van der Waals surface area contributed by atoms with Crippen LogP contribution >= 0.6 is 0 Å². The molecule has 3 aromatic carbocycles. The first-order chi connectivity index (χ1) is 19.4. The number of rotatable bonds is 7. The molecule has 5 rings (SSSR count). The average Bonchev–Trinajstić information content (AvgIpc) is 3.36. The summed E-state index contributed by atoms with van der Waals surface area (Å²) < 4.78 is 53.8. The molecule has 4 nitrogen and oxygen atoms in total. The second-order valence-electron chi connectivity index (χ2n) is 10.7. The maximum absolute atomic E-state index is 15.0. The first-order valence-electron chi connectivity index (χ1n) is 13.2. The Balaban J connectivity index is 1.47. The molecule has 0 aliphatic carbocycles. The fourth-order valence-corrected chi connectivity index (χ4v) is 4.98. The van der Waals surface area contributed by atoms with Gasteiger partial charge in [-0.1, -0.05) is 60.6 Å². The molecule has 0 amide bonds. The summed E-state index contributed by atoms with van der Waals surface area (Å²) in [5.41, 5.74) is 3.02. The third-order valence-corrected chi connectivity index (χ3v) is 7.41. The largest absolute Gasteiger partial charge is 0.433 e. The van der Waals surface area contributed by atoms with Crippen molar-refractivity contribution in [1.82, 2.24) is 4.98 Å². The minimum Gasteiger partial charge on any atom is -0.384 e. The number of oxime groups is 1. The Kier molecular flexibility index (Phi) is 7.51. The number of nitrogens with zero attached hydrogens (tertiary/aromatic N) is 2. The molecule has 0 saturated carbocycles. The number of hydrogen-bond donors (Lipinski definition) is 0. The van der Waals surface area contributed by atoms with Gasteiger partial charge in [0.05, 0.1) is 5.71 Å². The van der Waals surface area contributed by atoms with Crippen LogP contribution in [-0.2, 0) is 16.6 Å². The van der Waals surface area contributed by atoms with Crippen LogP contribution in [0.4, 0.5) is 17.6 Å². The molecule has 2 heterocycles. The molecule has 41 heavy (non-hydrogen) atoms. The van der Waals surface area contributed by atoms with E-state index >= 15 is 4.39 Å². The number of hydrogen-bond acceptors (Lipinski definition) is 4. The van der Waals surface area contributed by atoms with Gasteiger partial charge in [-0.2, -0.15) is 13.2 Å². The summed E-state index contributed by atoms with van der Waals surface area (Å²) in [6, 6.07) is 22.0. The van der Waals surface area contributed by atoms with Crippen LogP contribution in [0.1, 0.15) is 70.9 Å². The topological polar surface area (TPSA) is 51.5 Å². The molecular weight excluding hydrogens is 532 g/mol. The predicted molar refractivity (Wildman–Crippen MR) is 149 cm³/mol. The van der Waals surface area contributed by atoms with Crippen LogP contribution in [-0.4, -0.2) is 16.5 Å². The highest BCUT2D eigenvalue weighted by Crippen LogP contribution is 2.37. The second-order valence-corrected chi connectivity index (χ2v) is 10.7. The van der Waals surface area contributed by atoms with E-state index in [1.54, 1.807) is 44.2 Å². The zero-order valence-corrected chi connectivity index (χ0v) is 22.8. The Hall–Kier alpha value is -4.33. The highest BCUT2D eigenvalue weighted by atomic mass is 19.4. The van der Waals surface area contributed by atoms with Crippen LogP contribution in [0, 0.1) is 12.7 Å². The Morgan fingerprint density at radius 2 is 1.73 bits per heavy atom. The molecule has 8 heteroatoms. The lowest BCUT2D eigenvalue weighted by molar-refractivity contribution is -0.141. The molecule has 0 spiro atoms. The first-order valence-corrected chi connectivity index (χ1v) is 13.2. The lowest BCUT2D eigenvalue weighted by atomic mass is 9.87. The summed E-state index contributed by atoms with van der Waals surface area (Å²) in [5, 5.41) is 4.36. The van der Waals surface area contributed by atoms with Gasteiger partial charge in [-0.3, -0.25) is 9.78 Å². The molecular formula is C33H28F4N2O2. The summed E-state index contributed by atoms with van der Waals surface area (Å²) in [6.07, 6.45) is -2.92. The van der Waals surface area contributed by atoms with Gasteiger partial charge < -0.3 is 4.84 Å². The zero-order valence-electron chi connectivity index (χ0n) is 22.8. The lowest BCUT2D eigenvalue weighted by Crippen LogP contribution is -2.22. The highest BCUT2D eigenvalue weighted by Gasteiger charge is 2.37. The number of pyridine rings is 1. The molecule has 0 radical (unpaired) electrons. The number of carbonyl (C=O) groups is 1. The molecule has 1 unspecified atom stereocenters. The maximum Gasteiger partial charge on any atom is 0.433 e. The first kappa shape index (κ1) is 28.2. The van der Waals surface area contributed by atoms with Crippen molar-refractivity contribution in [3.05, 3.63) is 124 Å². The average molecular weight is 561 g/mol. The van der Waals surface area contributed by atoms with Gasteiger partial charge in [-0.15, -0.1) is 0 Å². The zero-order chi connectivity index (χ0) is 29.4. The third-order valence-electron chi connectivity index (χ3n) is 7.41. The Labute approximate surface area is 235 Å². The maximum atomic E-state index is 15.0. The number of ketones is 1. The van der Waals surface area contributed by atoms with E-state index in [4.69, 9.17) is 4.84 Å². The smallest absolute Gasteiger partial charge is 0.384 e. The van der Waals surface area contributed by atoms with E-state index in [1.807, 2.05) is 37.3 Å². The molecule has 1 aliphatic rings. The second kappa shape index (κ2) is 10.9. The van der Waals surface area contributed by atoms with E-state index < -0.39 is 29.2 Å². The quantitative estimate of drug-likeness (QED) is 0.168. The minimum absolute atomic E-state index is 0.0248. The monoisotopic (exact) mass is 560 g/mol. The standard InChI is InChI=1S/C33H28F4N2O2/c1-20-9-11-27(28(34)13-20)23-15-24(29-18-32(3,41-39-29)26-7-5-4-6-8-26)17-25(16-23)30(40)14-21(2)22-10-12-31(38-19-22)33(35,36)37/h4-13,15-17,19,21H,14,18H2,1-3H3/t21-,32?/m0/s1. The van der Waals surface area contributed by atoms with E-state index in [-0.39, 0.29) is 12.2 Å². The van der Waals surface area contributed by atoms with Gasteiger partial charge in [0.15, 0.2) is 11.4 Å². The van der Waals surface area contributed by atoms with E-state index in [2.05, 4.69) is 10.1 Å². The number of aryl methyl sites for hydroxylation is 1. The van der Waals surface area contributed by atoms with Crippen molar-refractivity contribution in [2.75, 3.05) is 0 Å². The Morgan fingerprint density at radius 1 is 1.00 bits per heavy atom. The van der Waals surface area contributed by atoms with Crippen LogP contribution < -0.4 is 0 Å². The Bertz CT molecular complexity index is 1620. The van der Waals surface area contributed by atoms with Gasteiger partial charge in [-0.25, -0.2) is 4.39 Å². The molecule has 1 aromatic heterocycles. The van der Waals surface area contributed by atoms with Gasteiger partial charge >= 0.3 is 6.18 Å². The van der Waals surface area contributed by atoms with Crippen LogP contribution in [0.3, 0.4) is 0 Å². The predicted octanol–water partition coefficient (Wildman–Crippen LogP) is 8.63. The van der Waals surface area contributed by atoms with E-state index in [1.165, 1.54) is 12.1 Å². The SMILES string of the molecule is Cc1ccc(-c2cc(C(=O)C[C@H](C)c3ccc(C(F)(F)F)nc3)cc(C3=NOC(C)(c4ccccc4)C3)c2)c(F)c1. The molecule has 0 fully saturated rings. The summed E-state index contributed by atoms with van der Waals surface area (Å²) >= 11 is 0. The van der Waals surface area contributed by atoms with Gasteiger partial charge in [0.1, 0.15) is 11.5 Å². The van der Waals surface area contributed by atoms with E-state index in [0.29, 0.717) is 39.9 Å². The lowest BCUT2D eigenvalue weighted by Gasteiger charge is -2.21. The minimum atomic E-state index is -4.54. The summed E-state index contributed by atoms with van der Waals surface area (Å²) in [4.78, 5) is 22.9. The number of carbonyl (C=O) groups excluding carboxylic acids is 1. The number of halogens is 4. The fraction of sp³-hybridized carbons (Fsp3) is 0.242. The van der Waals surface area contributed by atoms with Crippen molar-refractivity contribution < 1.29 is 27.2 Å². The van der Waals surface area contributed by atoms with Crippen molar-refractivity contribution in [3.8, 4) is 11.1 Å². The number of aromatic nitrogens is 1. The molecule has 0 bridgehead atoms. The molecule has 0 saturated heterocycles. The molecule has 0 N–H and O–H groups in total. The van der Waals surface area contributed by atoms with Crippen molar-refractivity contribution in [3.63, 3.8) is 0 Å². The summed E-state index contributed by atoms with van der Waals surface area (Å²) in [5.74, 6) is -1.05. The summed E-state index contributed by atoms with van der Waals surface area (Å²) in [6.45, 7) is 5.49. The molecule has 1 aliphatic heterocycles. The van der Waals surface area contributed by atoms with Gasteiger partial charge in [0, 0.05) is 35.7 Å². The van der Waals surface area contributed by atoms with Crippen LogP contribution in [0.5, 0.6) is 0 Å². The molecule has 210 valence electrons. The number of benzene rings is 3. The van der Waals surface area contributed by atoms with E-state index in [9.17, 15) is 18.0 Å². The normalized spacial score (nSPS) is 17.6. The van der Waals surface area contributed by atoms with Gasteiger partial charge in [0.2, 0.25) is 0 Å². The number of alkyl halides is 3. The van der Waals surface area contributed by atoms with Crippen LogP contribution in [0.15, 0.2) is 90.2 Å². The van der Waals surface area contributed by atoms with Gasteiger partial charge in [-0.05, 0) is 72.4 Å². The number of Topliss-reactive ketones (excluding diaryl/α,β-unsaturated/α-hetero) is 1. The summed E-state index contributed by atoms with van der Waals surface area (Å²) in [7, 11) is 0. The highest BCUT2D eigenvalue weighted by molar-refractivity contribution is 6.06. The van der Waals surface area contributed by atoms with Crippen molar-refractivity contribution in [1.29, 1.82) is 0 Å². The molecule has 2 atom stereocenters. The van der Waals surface area contributed by atoms with Crippen molar-refractivity contribution in [2.45, 2.75) is 51.3 Å². The van der Waals surface area contributed by atoms with E-state index in [0.717, 1.165) is 23.4 Å². The van der Waals surface area contributed by atoms with Crippen molar-refractivity contribution >= 4 is 11.5 Å². The fourth-order valence-electron chi connectivity index (χ4n) is 4.98. The van der Waals surface area contributed by atoms with Crippen LogP contribution in [0.2, 0.25) is 0 Å². The molecule has 4 aromatic rings.